The Kier molecular flexibility index (Phi) is 14.0. The summed E-state index contributed by atoms with van der Waals surface area (Å²) in [5.41, 5.74) is 0. The van der Waals surface area contributed by atoms with Crippen molar-refractivity contribution in [2.45, 2.75) is 67.3 Å². The van der Waals surface area contributed by atoms with Crippen LogP contribution in [-0.4, -0.2) is 140 Å². The molecule has 0 aromatic rings. The molecule has 1 saturated carbocycles. The van der Waals surface area contributed by atoms with Crippen molar-refractivity contribution in [2.24, 2.45) is 0 Å². The first kappa shape index (κ1) is 31.7. The Morgan fingerprint density at radius 2 is 1.00 bits per heavy atom. The molecule has 1 saturated heterocycles. The van der Waals surface area contributed by atoms with Gasteiger partial charge in [0, 0.05) is 0 Å². The van der Waals surface area contributed by atoms with E-state index in [2.05, 4.69) is 13.9 Å². The number of aliphatic hydroxyl groups is 10. The number of rotatable bonds is 4. The number of phosphoric ester groups is 1. The van der Waals surface area contributed by atoms with Crippen LogP contribution in [0.2, 0.25) is 0 Å². The van der Waals surface area contributed by atoms with Gasteiger partial charge in [-0.15, -0.1) is 4.67 Å². The van der Waals surface area contributed by atoms with Gasteiger partial charge in [-0.2, -0.15) is 0 Å². The van der Waals surface area contributed by atoms with Crippen molar-refractivity contribution < 1.29 is 89.2 Å². The predicted molar refractivity (Wildman–Crippen MR) is 94.3 cm³/mol. The molecule has 2 unspecified atom stereocenters. The fourth-order valence-corrected chi connectivity index (χ4v) is 2.79. The summed E-state index contributed by atoms with van der Waals surface area (Å²) in [4.78, 5) is 16.8. The molecule has 0 aromatic carbocycles. The van der Waals surface area contributed by atoms with E-state index in [1.54, 1.807) is 0 Å². The minimum absolute atomic E-state index is 0.696. The van der Waals surface area contributed by atoms with Crippen LogP contribution in [0.5, 0.6) is 0 Å². The molecule has 2 fully saturated rings. The molecule has 2 rings (SSSR count). The van der Waals surface area contributed by atoms with Crippen LogP contribution < -0.4 is 0 Å². The molecule has 0 bridgehead atoms. The zero-order valence-electron chi connectivity index (χ0n) is 15.8. The Morgan fingerprint density at radius 3 is 1.28 bits per heavy atom. The van der Waals surface area contributed by atoms with Crippen molar-refractivity contribution in [1.29, 1.82) is 0 Å². The van der Waals surface area contributed by atoms with Gasteiger partial charge in [-0.25, -0.2) is 14.4 Å². The summed E-state index contributed by atoms with van der Waals surface area (Å²) in [6, 6.07) is 0. The highest BCUT2D eigenvalue weighted by Crippen LogP contribution is 2.36. The van der Waals surface area contributed by atoms with Crippen LogP contribution in [0, 0.1) is 0 Å². The van der Waals surface area contributed by atoms with Crippen LogP contribution in [0.1, 0.15) is 0 Å². The first-order valence-corrected chi connectivity index (χ1v) is 10.7. The average Bonchev–Trinajstić information content (AvgIpc) is 2.75. The normalized spacial score (nSPS) is 42.3. The minimum Gasteiger partial charge on any atom is -0.387 e. The second kappa shape index (κ2) is 14.2. The molecule has 1 aliphatic heterocycles. The molecular formula is C12H26O18P2. The molecule has 5 atom stereocenters. The van der Waals surface area contributed by atoms with Crippen LogP contribution in [0.15, 0.2) is 0 Å². The summed E-state index contributed by atoms with van der Waals surface area (Å²) in [7, 11) is -5.43. The summed E-state index contributed by atoms with van der Waals surface area (Å²) in [5.74, 6) is 0. The monoisotopic (exact) mass is 520 g/mol. The average molecular weight is 520 g/mol. The number of ether oxygens (including phenoxy) is 1. The first-order valence-electron chi connectivity index (χ1n) is 8.40. The molecule has 18 nitrogen and oxygen atoms in total. The fraction of sp³-hybridized carbons (Fsp3) is 1.00. The zero-order chi connectivity index (χ0) is 25.4. The second-order valence-electron chi connectivity index (χ2n) is 6.42. The molecule has 0 radical (unpaired) electrons. The Labute approximate surface area is 180 Å². The summed E-state index contributed by atoms with van der Waals surface area (Å²) in [6.07, 6.45) is -17.9. The maximum atomic E-state index is 10.4. The van der Waals surface area contributed by atoms with Gasteiger partial charge in [0.15, 0.2) is 6.29 Å². The second-order valence-corrected chi connectivity index (χ2v) is 7.97. The van der Waals surface area contributed by atoms with Crippen LogP contribution >= 0.6 is 16.5 Å². The lowest BCUT2D eigenvalue weighted by Gasteiger charge is -2.39. The number of aliphatic hydroxyl groups excluding tert-OH is 10. The van der Waals surface area contributed by atoms with Crippen LogP contribution in [0.3, 0.4) is 0 Å². The van der Waals surface area contributed by atoms with E-state index in [0.29, 0.717) is 0 Å². The first-order chi connectivity index (χ1) is 14.6. The highest BCUT2D eigenvalue weighted by Gasteiger charge is 2.47. The number of phosphoric acid groups is 1. The Morgan fingerprint density at radius 1 is 0.688 bits per heavy atom. The maximum Gasteiger partial charge on any atom is 0.469 e. The molecule has 0 amide bonds. The van der Waals surface area contributed by atoms with Gasteiger partial charge in [-0.3, -0.25) is 4.52 Å². The Balaban J connectivity index is 0.000000529. The van der Waals surface area contributed by atoms with E-state index in [9.17, 15) is 14.8 Å². The lowest BCUT2D eigenvalue weighted by Crippen LogP contribution is -2.63. The largest absolute Gasteiger partial charge is 0.469 e. The molecule has 0 spiro atoms. The predicted octanol–water partition coefficient (Wildman–Crippen LogP) is -6.26. The van der Waals surface area contributed by atoms with Crippen LogP contribution in [-0.2, 0) is 23.1 Å². The molecular weight excluding hydrogens is 494 g/mol. The van der Waals surface area contributed by atoms with E-state index >= 15 is 0 Å². The molecule has 1 heterocycles. The SMILES string of the molecule is O=P(O)(O)OCC1O[C@H](O)C(O)[C@@H](O)[C@@H]1O.O=POO.OC1C(O)C(O)C(O)C(O)C1O. The quantitative estimate of drug-likeness (QED) is 0.0930. The highest BCUT2D eigenvalue weighted by atomic mass is 31.2. The summed E-state index contributed by atoms with van der Waals surface area (Å²) in [5, 5.41) is 97.6. The topological polar surface area (TPSA) is 325 Å². The summed E-state index contributed by atoms with van der Waals surface area (Å²) in [6.45, 7) is -0.730. The van der Waals surface area contributed by atoms with Crippen molar-refractivity contribution in [3.05, 3.63) is 0 Å². The molecule has 13 N–H and O–H groups in total. The van der Waals surface area contributed by atoms with Gasteiger partial charge in [0.2, 0.25) is 0 Å². The summed E-state index contributed by atoms with van der Waals surface area (Å²) >= 11 is 0. The van der Waals surface area contributed by atoms with E-state index in [4.69, 9.17) is 60.5 Å². The van der Waals surface area contributed by atoms with Gasteiger partial charge < -0.3 is 65.6 Å². The minimum atomic E-state index is -4.73. The van der Waals surface area contributed by atoms with Crippen LogP contribution in [0.25, 0.3) is 0 Å². The molecule has 1 aliphatic carbocycles. The molecule has 0 aromatic heterocycles. The van der Waals surface area contributed by atoms with Gasteiger partial charge in [-0.05, 0) is 0 Å². The number of hydrogen-bond donors (Lipinski definition) is 13. The smallest absolute Gasteiger partial charge is 0.387 e. The molecule has 32 heavy (non-hydrogen) atoms. The van der Waals surface area contributed by atoms with Crippen molar-refractivity contribution in [3.8, 4) is 0 Å². The third-order valence-electron chi connectivity index (χ3n) is 4.23. The fourth-order valence-electron chi connectivity index (χ4n) is 2.45. The van der Waals surface area contributed by atoms with E-state index < -0.39 is 90.4 Å². The molecule has 192 valence electrons. The Bertz CT molecular complexity index is 532. The van der Waals surface area contributed by atoms with E-state index in [1.807, 2.05) is 0 Å². The van der Waals surface area contributed by atoms with Crippen molar-refractivity contribution in [2.75, 3.05) is 6.61 Å². The standard InChI is InChI=1S/C6H13O9P.C6H12O6.HO3P/c7-3-2(1-14-16(11,12)13)15-6(10)5(9)4(3)8;7-1-2(8)4(10)6(12)5(11)3(1)9;1-3-4-2/h2-10H,1H2,(H2,11,12,13);1-12H;1H/t2?,3-,4+,5?,6+;;/m1../s1. The lowest BCUT2D eigenvalue weighted by atomic mass is 9.85. The van der Waals surface area contributed by atoms with Crippen molar-refractivity contribution >= 4 is 16.5 Å². The number of hydrogen-bond acceptors (Lipinski definition) is 16. The van der Waals surface area contributed by atoms with E-state index in [0.717, 1.165) is 0 Å². The van der Waals surface area contributed by atoms with Gasteiger partial charge in [0.25, 0.3) is 0 Å². The van der Waals surface area contributed by atoms with Crippen molar-refractivity contribution in [1.82, 2.24) is 0 Å². The van der Waals surface area contributed by atoms with Gasteiger partial charge in [0.1, 0.15) is 61.0 Å². The lowest BCUT2D eigenvalue weighted by molar-refractivity contribution is -0.285. The highest BCUT2D eigenvalue weighted by molar-refractivity contribution is 7.46. The van der Waals surface area contributed by atoms with Gasteiger partial charge >= 0.3 is 16.5 Å². The maximum absolute atomic E-state index is 10.4. The van der Waals surface area contributed by atoms with E-state index in [-0.39, 0.29) is 0 Å². The van der Waals surface area contributed by atoms with Crippen LogP contribution in [0.4, 0.5) is 0 Å². The van der Waals surface area contributed by atoms with Gasteiger partial charge in [0.05, 0.1) is 6.61 Å². The summed E-state index contributed by atoms with van der Waals surface area (Å²) < 4.78 is 30.8. The van der Waals surface area contributed by atoms with Gasteiger partial charge in [-0.1, -0.05) is 0 Å². The van der Waals surface area contributed by atoms with E-state index in [1.165, 1.54) is 0 Å². The molecule has 20 heteroatoms. The Hall–Kier alpha value is -0.310. The third-order valence-corrected chi connectivity index (χ3v) is 4.78. The third kappa shape index (κ3) is 9.51. The molecule has 2 aliphatic rings. The van der Waals surface area contributed by atoms with Crippen molar-refractivity contribution in [3.63, 3.8) is 0 Å². The zero-order valence-corrected chi connectivity index (χ0v) is 17.6.